The molecule has 0 radical (unpaired) electrons. The van der Waals surface area contributed by atoms with E-state index in [0.29, 0.717) is 4.47 Å². The molecule has 1 heterocycles. The van der Waals surface area contributed by atoms with E-state index in [-0.39, 0.29) is 10.7 Å². The van der Waals surface area contributed by atoms with E-state index in [1.165, 1.54) is 30.5 Å². The molecular formula is C18H19BrN2O7S. The molecule has 1 atom stereocenters. The molecule has 2 rings (SSSR count). The van der Waals surface area contributed by atoms with Gasteiger partial charge in [-0.2, -0.15) is 4.72 Å². The molecule has 0 fully saturated rings. The molecule has 29 heavy (non-hydrogen) atoms. The molecule has 0 aliphatic carbocycles. The first kappa shape index (κ1) is 22.8. The molecule has 0 unspecified atom stereocenters. The number of rotatable bonds is 8. The van der Waals surface area contributed by atoms with Gasteiger partial charge in [0, 0.05) is 4.47 Å². The van der Waals surface area contributed by atoms with E-state index in [0.717, 1.165) is 0 Å². The number of sulfonamides is 1. The van der Waals surface area contributed by atoms with Gasteiger partial charge in [0.2, 0.25) is 10.0 Å². The van der Waals surface area contributed by atoms with Gasteiger partial charge in [-0.25, -0.2) is 8.42 Å². The fraction of sp³-hybridized carbons (Fsp3) is 0.278. The highest BCUT2D eigenvalue weighted by atomic mass is 79.9. The molecule has 2 amide bonds. The summed E-state index contributed by atoms with van der Waals surface area (Å²) >= 11 is 3.22. The van der Waals surface area contributed by atoms with Gasteiger partial charge in [-0.05, 0) is 42.3 Å². The van der Waals surface area contributed by atoms with Gasteiger partial charge >= 0.3 is 5.97 Å². The van der Waals surface area contributed by atoms with Crippen molar-refractivity contribution in [3.05, 3.63) is 52.9 Å². The molecule has 1 aromatic heterocycles. The lowest BCUT2D eigenvalue weighted by molar-refractivity contribution is -0.150. The third kappa shape index (κ3) is 6.51. The van der Waals surface area contributed by atoms with Crippen LogP contribution >= 0.6 is 15.9 Å². The van der Waals surface area contributed by atoms with Crippen molar-refractivity contribution in [1.29, 1.82) is 0 Å². The lowest BCUT2D eigenvalue weighted by Gasteiger charge is -2.20. The van der Waals surface area contributed by atoms with Gasteiger partial charge in [0.1, 0.15) is 6.04 Å². The summed E-state index contributed by atoms with van der Waals surface area (Å²) in [6, 6.07) is 7.48. The Morgan fingerprint density at radius 3 is 2.34 bits per heavy atom. The molecule has 0 saturated carbocycles. The number of imide groups is 1. The van der Waals surface area contributed by atoms with Crippen LogP contribution in [0, 0.1) is 5.92 Å². The van der Waals surface area contributed by atoms with Gasteiger partial charge < -0.3 is 9.15 Å². The lowest BCUT2D eigenvalue weighted by atomic mass is 10.1. The largest absolute Gasteiger partial charge is 0.459 e. The normalized spacial score (nSPS) is 12.4. The summed E-state index contributed by atoms with van der Waals surface area (Å²) < 4.78 is 37.7. The highest BCUT2D eigenvalue weighted by molar-refractivity contribution is 9.10. The van der Waals surface area contributed by atoms with Crippen molar-refractivity contribution in [2.45, 2.75) is 24.8 Å². The van der Waals surface area contributed by atoms with Crippen LogP contribution in [0.1, 0.15) is 24.4 Å². The summed E-state index contributed by atoms with van der Waals surface area (Å²) in [6.45, 7) is 2.49. The van der Waals surface area contributed by atoms with Gasteiger partial charge in [0.05, 0.1) is 11.2 Å². The summed E-state index contributed by atoms with van der Waals surface area (Å²) in [6.07, 6.45) is 1.27. The van der Waals surface area contributed by atoms with E-state index in [9.17, 15) is 22.8 Å². The number of carbonyl (C=O) groups excluding carboxylic acids is 3. The summed E-state index contributed by atoms with van der Waals surface area (Å²) in [4.78, 5) is 35.8. The Morgan fingerprint density at radius 1 is 1.14 bits per heavy atom. The number of esters is 1. The van der Waals surface area contributed by atoms with Gasteiger partial charge in [-0.1, -0.05) is 29.8 Å². The van der Waals surface area contributed by atoms with Crippen molar-refractivity contribution in [2.75, 3.05) is 6.61 Å². The molecule has 2 N–H and O–H groups in total. The van der Waals surface area contributed by atoms with Crippen LogP contribution < -0.4 is 10.0 Å². The monoisotopic (exact) mass is 486 g/mol. The molecule has 0 bridgehead atoms. The Hall–Kier alpha value is -2.50. The molecule has 0 spiro atoms. The average Bonchev–Trinajstić information content (AvgIpc) is 3.19. The van der Waals surface area contributed by atoms with Crippen molar-refractivity contribution in [1.82, 2.24) is 10.0 Å². The second-order valence-corrected chi connectivity index (χ2v) is 8.89. The number of halogens is 1. The lowest BCUT2D eigenvalue weighted by Crippen LogP contribution is -2.46. The fourth-order valence-electron chi connectivity index (χ4n) is 2.16. The highest BCUT2D eigenvalue weighted by Gasteiger charge is 2.30. The van der Waals surface area contributed by atoms with Crippen molar-refractivity contribution >= 4 is 43.7 Å². The number of hydrogen-bond donors (Lipinski definition) is 2. The van der Waals surface area contributed by atoms with Crippen molar-refractivity contribution < 1.29 is 32.0 Å². The predicted molar refractivity (Wildman–Crippen MR) is 105 cm³/mol. The molecule has 1 aromatic carbocycles. The minimum absolute atomic E-state index is 0.0269. The van der Waals surface area contributed by atoms with Crippen molar-refractivity contribution in [3.8, 4) is 0 Å². The quantitative estimate of drug-likeness (QED) is 0.543. The molecule has 156 valence electrons. The Kier molecular flexibility index (Phi) is 7.71. The van der Waals surface area contributed by atoms with E-state index in [1.54, 1.807) is 26.0 Å². The number of benzene rings is 1. The smallest absolute Gasteiger partial charge is 0.324 e. The molecule has 2 aromatic rings. The van der Waals surface area contributed by atoms with Crippen LogP contribution in [0.2, 0.25) is 0 Å². The van der Waals surface area contributed by atoms with Crippen molar-refractivity contribution in [3.63, 3.8) is 0 Å². The number of hydrogen-bond acceptors (Lipinski definition) is 7. The van der Waals surface area contributed by atoms with E-state index < -0.39 is 46.4 Å². The Balaban J connectivity index is 1.97. The molecule has 0 saturated heterocycles. The molecule has 0 aliphatic rings. The van der Waals surface area contributed by atoms with Crippen LogP contribution in [0.5, 0.6) is 0 Å². The standard InChI is InChI=1S/C18H19BrN2O7S/c1-11(2)16(21-29(25,26)13-7-5-12(19)6-8-13)18(24)28-10-15(22)20-17(23)14-4-3-9-27-14/h3-9,11,16,21H,10H2,1-2H3,(H,20,22,23)/t16-/m0/s1. The van der Waals surface area contributed by atoms with E-state index in [2.05, 4.69) is 20.7 Å². The van der Waals surface area contributed by atoms with Crippen LogP contribution in [-0.2, 0) is 24.3 Å². The first-order valence-electron chi connectivity index (χ1n) is 8.42. The first-order chi connectivity index (χ1) is 13.6. The van der Waals surface area contributed by atoms with Gasteiger partial charge in [0.15, 0.2) is 12.4 Å². The molecule has 9 nitrogen and oxygen atoms in total. The first-order valence-corrected chi connectivity index (χ1v) is 10.7. The molecular weight excluding hydrogens is 468 g/mol. The molecule has 0 aliphatic heterocycles. The second-order valence-electron chi connectivity index (χ2n) is 6.26. The second kappa shape index (κ2) is 9.81. The zero-order valence-electron chi connectivity index (χ0n) is 15.5. The summed E-state index contributed by atoms with van der Waals surface area (Å²) in [5.74, 6) is -3.14. The average molecular weight is 487 g/mol. The zero-order chi connectivity index (χ0) is 21.6. The topological polar surface area (TPSA) is 132 Å². The SMILES string of the molecule is CC(C)[C@H](NS(=O)(=O)c1ccc(Br)cc1)C(=O)OCC(=O)NC(=O)c1ccco1. The van der Waals surface area contributed by atoms with E-state index in [1.807, 2.05) is 5.32 Å². The summed E-state index contributed by atoms with van der Waals surface area (Å²) in [5, 5.41) is 1.99. The van der Waals surface area contributed by atoms with Gasteiger partial charge in [0.25, 0.3) is 11.8 Å². The number of carbonyl (C=O) groups is 3. The minimum Gasteiger partial charge on any atom is -0.459 e. The number of ether oxygens (including phenoxy) is 1. The van der Waals surface area contributed by atoms with Gasteiger partial charge in [-0.15, -0.1) is 0 Å². The van der Waals surface area contributed by atoms with Gasteiger partial charge in [-0.3, -0.25) is 19.7 Å². The Morgan fingerprint density at radius 2 is 1.79 bits per heavy atom. The Labute approximate surface area is 176 Å². The van der Waals surface area contributed by atoms with Crippen LogP contribution in [0.3, 0.4) is 0 Å². The number of nitrogens with one attached hydrogen (secondary N) is 2. The number of amides is 2. The van der Waals surface area contributed by atoms with Crippen molar-refractivity contribution in [2.24, 2.45) is 5.92 Å². The third-order valence-corrected chi connectivity index (χ3v) is 5.66. The zero-order valence-corrected chi connectivity index (χ0v) is 17.9. The van der Waals surface area contributed by atoms with Crippen LogP contribution in [0.25, 0.3) is 0 Å². The van der Waals surface area contributed by atoms with Crippen LogP contribution in [-0.4, -0.2) is 38.9 Å². The van der Waals surface area contributed by atoms with E-state index >= 15 is 0 Å². The molecule has 11 heteroatoms. The minimum atomic E-state index is -3.99. The fourth-order valence-corrected chi connectivity index (χ4v) is 3.76. The van der Waals surface area contributed by atoms with Crippen LogP contribution in [0.4, 0.5) is 0 Å². The maximum Gasteiger partial charge on any atom is 0.324 e. The third-order valence-electron chi connectivity index (χ3n) is 3.67. The maximum absolute atomic E-state index is 12.5. The summed E-state index contributed by atoms with van der Waals surface area (Å²) in [5.41, 5.74) is 0. The highest BCUT2D eigenvalue weighted by Crippen LogP contribution is 2.16. The Bertz CT molecular complexity index is 970. The predicted octanol–water partition coefficient (Wildman–Crippen LogP) is 1.84. The summed E-state index contributed by atoms with van der Waals surface area (Å²) in [7, 11) is -3.99. The van der Waals surface area contributed by atoms with Crippen LogP contribution in [0.15, 0.2) is 56.4 Å². The number of furan rings is 1. The van der Waals surface area contributed by atoms with E-state index in [4.69, 9.17) is 9.15 Å². The maximum atomic E-state index is 12.5.